The summed E-state index contributed by atoms with van der Waals surface area (Å²) in [5.41, 5.74) is 1.74. The lowest BCUT2D eigenvalue weighted by Gasteiger charge is -2.12. The molecule has 2 aromatic rings. The average molecular weight is 460 g/mol. The first-order chi connectivity index (χ1) is 14.8. The van der Waals surface area contributed by atoms with Crippen LogP contribution >= 0.6 is 23.4 Å². The maximum absolute atomic E-state index is 12.5. The summed E-state index contributed by atoms with van der Waals surface area (Å²) in [6.07, 6.45) is 1.62. The molecule has 1 heterocycles. The van der Waals surface area contributed by atoms with E-state index in [1.807, 2.05) is 26.0 Å². The van der Waals surface area contributed by atoms with Crippen molar-refractivity contribution in [3.05, 3.63) is 69.6 Å². The van der Waals surface area contributed by atoms with Crippen molar-refractivity contribution < 1.29 is 23.9 Å². The van der Waals surface area contributed by atoms with Gasteiger partial charge < -0.3 is 9.47 Å². The molecule has 1 fully saturated rings. The SMILES string of the molecule is CC(C)COC(=O)CN1C(=O)S/C(=C/c2ccc(OCc3ccc(Cl)cc3)cc2)C1=O. The molecule has 0 radical (unpaired) electrons. The van der Waals surface area contributed by atoms with Gasteiger partial charge in [0.2, 0.25) is 0 Å². The van der Waals surface area contributed by atoms with E-state index in [1.165, 1.54) is 0 Å². The van der Waals surface area contributed by atoms with Crippen LogP contribution in [0.15, 0.2) is 53.4 Å². The molecule has 2 aromatic carbocycles. The van der Waals surface area contributed by atoms with Gasteiger partial charge in [0.15, 0.2) is 0 Å². The number of rotatable bonds is 8. The standard InChI is InChI=1S/C23H22ClNO5S/c1-15(2)13-30-21(26)12-25-22(27)20(31-23(25)28)11-16-5-9-19(10-6-16)29-14-17-3-7-18(24)8-4-17/h3-11,15H,12-14H2,1-2H3/b20-11+. The second-order valence-corrected chi connectivity index (χ2v) is 8.76. The van der Waals surface area contributed by atoms with Gasteiger partial charge in [0.25, 0.3) is 11.1 Å². The molecule has 8 heteroatoms. The number of halogens is 1. The lowest BCUT2D eigenvalue weighted by Crippen LogP contribution is -2.34. The zero-order valence-electron chi connectivity index (χ0n) is 17.2. The molecule has 1 aliphatic rings. The topological polar surface area (TPSA) is 72.9 Å². The van der Waals surface area contributed by atoms with Crippen molar-refractivity contribution in [2.75, 3.05) is 13.2 Å². The van der Waals surface area contributed by atoms with Crippen molar-refractivity contribution in [3.63, 3.8) is 0 Å². The van der Waals surface area contributed by atoms with Gasteiger partial charge in [-0.2, -0.15) is 0 Å². The fourth-order valence-corrected chi connectivity index (χ4v) is 3.59. The predicted molar refractivity (Wildman–Crippen MR) is 121 cm³/mol. The van der Waals surface area contributed by atoms with E-state index >= 15 is 0 Å². The number of carbonyl (C=O) groups is 3. The van der Waals surface area contributed by atoms with Crippen LogP contribution in [0.5, 0.6) is 5.75 Å². The van der Waals surface area contributed by atoms with Crippen molar-refractivity contribution in [2.24, 2.45) is 5.92 Å². The van der Waals surface area contributed by atoms with Gasteiger partial charge >= 0.3 is 5.97 Å². The Labute approximate surface area is 190 Å². The number of imide groups is 1. The summed E-state index contributed by atoms with van der Waals surface area (Å²) in [7, 11) is 0. The number of hydrogen-bond acceptors (Lipinski definition) is 6. The average Bonchev–Trinajstić information content (AvgIpc) is 3.00. The third kappa shape index (κ3) is 6.60. The maximum Gasteiger partial charge on any atom is 0.326 e. The summed E-state index contributed by atoms with van der Waals surface area (Å²) in [4.78, 5) is 37.7. The van der Waals surface area contributed by atoms with E-state index in [0.717, 1.165) is 27.8 Å². The Kier molecular flexibility index (Phi) is 7.76. The van der Waals surface area contributed by atoms with E-state index < -0.39 is 17.1 Å². The summed E-state index contributed by atoms with van der Waals surface area (Å²) in [5.74, 6) is -0.246. The number of thioether (sulfide) groups is 1. The van der Waals surface area contributed by atoms with Gasteiger partial charge in [0.05, 0.1) is 11.5 Å². The summed E-state index contributed by atoms with van der Waals surface area (Å²) in [5, 5.41) is 0.186. The monoisotopic (exact) mass is 459 g/mol. The molecule has 0 unspecified atom stereocenters. The smallest absolute Gasteiger partial charge is 0.326 e. The van der Waals surface area contributed by atoms with Crippen LogP contribution in [0.2, 0.25) is 5.02 Å². The van der Waals surface area contributed by atoms with Crippen molar-refractivity contribution in [3.8, 4) is 5.75 Å². The normalized spacial score (nSPS) is 15.1. The Morgan fingerprint density at radius 1 is 1.10 bits per heavy atom. The molecule has 0 aliphatic carbocycles. The van der Waals surface area contributed by atoms with Crippen molar-refractivity contribution in [1.29, 1.82) is 0 Å². The molecule has 0 saturated carbocycles. The number of hydrogen-bond donors (Lipinski definition) is 0. The van der Waals surface area contributed by atoms with Gasteiger partial charge in [-0.1, -0.05) is 49.7 Å². The predicted octanol–water partition coefficient (Wildman–Crippen LogP) is 5.15. The number of ether oxygens (including phenoxy) is 2. The zero-order chi connectivity index (χ0) is 22.4. The molecule has 0 aromatic heterocycles. The fourth-order valence-electron chi connectivity index (χ4n) is 2.63. The number of nitrogens with zero attached hydrogens (tertiary/aromatic N) is 1. The van der Waals surface area contributed by atoms with Gasteiger partial charge in [-0.25, -0.2) is 0 Å². The Morgan fingerprint density at radius 2 is 1.77 bits per heavy atom. The molecule has 0 bridgehead atoms. The molecule has 6 nitrogen and oxygen atoms in total. The molecule has 0 N–H and O–H groups in total. The molecular weight excluding hydrogens is 438 g/mol. The summed E-state index contributed by atoms with van der Waals surface area (Å²) < 4.78 is 10.8. The second-order valence-electron chi connectivity index (χ2n) is 7.33. The van der Waals surface area contributed by atoms with Crippen molar-refractivity contribution in [1.82, 2.24) is 4.90 Å². The van der Waals surface area contributed by atoms with Gasteiger partial charge in [-0.15, -0.1) is 0 Å². The molecule has 1 aliphatic heterocycles. The quantitative estimate of drug-likeness (QED) is 0.401. The van der Waals surface area contributed by atoms with Crippen LogP contribution in [0.25, 0.3) is 6.08 Å². The van der Waals surface area contributed by atoms with Crippen LogP contribution in [0.3, 0.4) is 0 Å². The molecule has 1 saturated heterocycles. The third-order valence-corrected chi connectivity index (χ3v) is 5.39. The minimum atomic E-state index is -0.598. The molecule has 3 rings (SSSR count). The highest BCUT2D eigenvalue weighted by Gasteiger charge is 2.36. The van der Waals surface area contributed by atoms with Gasteiger partial charge in [-0.3, -0.25) is 19.3 Å². The lowest BCUT2D eigenvalue weighted by molar-refractivity contribution is -0.147. The van der Waals surface area contributed by atoms with E-state index in [4.69, 9.17) is 21.1 Å². The largest absolute Gasteiger partial charge is 0.489 e. The minimum Gasteiger partial charge on any atom is -0.489 e. The zero-order valence-corrected chi connectivity index (χ0v) is 18.7. The van der Waals surface area contributed by atoms with Crippen LogP contribution in [0.4, 0.5) is 4.79 Å². The summed E-state index contributed by atoms with van der Waals surface area (Å²) in [6.45, 7) is 4.08. The first kappa shape index (κ1) is 22.9. The van der Waals surface area contributed by atoms with Crippen molar-refractivity contribution >= 4 is 46.6 Å². The maximum atomic E-state index is 12.5. The first-order valence-electron chi connectivity index (χ1n) is 9.70. The highest BCUT2D eigenvalue weighted by atomic mass is 35.5. The number of carbonyl (C=O) groups excluding carboxylic acids is 3. The molecule has 162 valence electrons. The second kappa shape index (κ2) is 10.5. The summed E-state index contributed by atoms with van der Waals surface area (Å²) in [6, 6.07) is 14.6. The number of esters is 1. The highest BCUT2D eigenvalue weighted by molar-refractivity contribution is 8.18. The van der Waals surface area contributed by atoms with E-state index in [2.05, 4.69) is 0 Å². The van der Waals surface area contributed by atoms with Gasteiger partial charge in [-0.05, 0) is 59.1 Å². The summed E-state index contributed by atoms with van der Waals surface area (Å²) >= 11 is 6.68. The Morgan fingerprint density at radius 3 is 2.42 bits per heavy atom. The first-order valence-corrected chi connectivity index (χ1v) is 10.9. The Hall–Kier alpha value is -2.77. The lowest BCUT2D eigenvalue weighted by atomic mass is 10.2. The van der Waals surface area contributed by atoms with Crippen molar-refractivity contribution in [2.45, 2.75) is 20.5 Å². The molecule has 2 amide bonds. The third-order valence-electron chi connectivity index (χ3n) is 4.24. The van der Waals surface area contributed by atoms with Crippen LogP contribution < -0.4 is 4.74 Å². The van der Waals surface area contributed by atoms with Crippen LogP contribution in [-0.2, 0) is 20.9 Å². The fraction of sp³-hybridized carbons (Fsp3) is 0.261. The van der Waals surface area contributed by atoms with Crippen LogP contribution in [0.1, 0.15) is 25.0 Å². The van der Waals surface area contributed by atoms with Gasteiger partial charge in [0.1, 0.15) is 18.9 Å². The Balaban J connectivity index is 1.58. The van der Waals surface area contributed by atoms with Crippen LogP contribution in [0, 0.1) is 5.92 Å². The van der Waals surface area contributed by atoms with Gasteiger partial charge in [0, 0.05) is 5.02 Å². The minimum absolute atomic E-state index is 0.178. The van der Waals surface area contributed by atoms with E-state index in [-0.39, 0.29) is 24.0 Å². The van der Waals surface area contributed by atoms with E-state index in [0.29, 0.717) is 17.4 Å². The van der Waals surface area contributed by atoms with Crippen LogP contribution in [-0.4, -0.2) is 35.2 Å². The Bertz CT molecular complexity index is 986. The van der Waals surface area contributed by atoms with E-state index in [9.17, 15) is 14.4 Å². The number of amides is 2. The molecule has 0 spiro atoms. The molecule has 31 heavy (non-hydrogen) atoms. The number of benzene rings is 2. The molecular formula is C23H22ClNO5S. The van der Waals surface area contributed by atoms with E-state index in [1.54, 1.807) is 42.5 Å². The molecule has 0 atom stereocenters. The highest BCUT2D eigenvalue weighted by Crippen LogP contribution is 2.32.